The Bertz CT molecular complexity index is 1690. The van der Waals surface area contributed by atoms with Crippen molar-refractivity contribution in [1.82, 2.24) is 15.0 Å². The SMILES string of the molecule is CCN(CC)c1ccc(Oc2ccc(C(=O)Nc3ccc(Br)cc3)cc2Nc2ncnc3nc(C(C)C)ccc23)cc1. The number of hydrogen-bond donors (Lipinski definition) is 2. The minimum absolute atomic E-state index is 0.244. The van der Waals surface area contributed by atoms with E-state index in [1.54, 1.807) is 18.2 Å². The molecule has 214 valence electrons. The van der Waals surface area contributed by atoms with Crippen molar-refractivity contribution in [3.05, 3.63) is 101 Å². The van der Waals surface area contributed by atoms with Gasteiger partial charge in [-0.25, -0.2) is 15.0 Å². The quantitative estimate of drug-likeness (QED) is 0.161. The first kappa shape index (κ1) is 29.0. The van der Waals surface area contributed by atoms with Crippen LogP contribution >= 0.6 is 15.9 Å². The molecule has 0 aliphatic heterocycles. The molecule has 8 nitrogen and oxygen atoms in total. The smallest absolute Gasteiger partial charge is 0.255 e. The third kappa shape index (κ3) is 6.69. The molecule has 0 radical (unpaired) electrons. The fraction of sp³-hybridized carbons (Fsp3) is 0.212. The largest absolute Gasteiger partial charge is 0.455 e. The number of anilines is 4. The molecule has 0 aliphatic carbocycles. The number of aromatic nitrogens is 3. The van der Waals surface area contributed by atoms with Crippen LogP contribution < -0.4 is 20.3 Å². The van der Waals surface area contributed by atoms with Crippen LogP contribution in [0.4, 0.5) is 22.9 Å². The van der Waals surface area contributed by atoms with Gasteiger partial charge in [0.1, 0.15) is 17.9 Å². The molecule has 0 atom stereocenters. The minimum Gasteiger partial charge on any atom is -0.455 e. The molecule has 42 heavy (non-hydrogen) atoms. The second-order valence-corrected chi connectivity index (χ2v) is 11.0. The monoisotopic (exact) mass is 624 g/mol. The number of pyridine rings is 1. The molecule has 0 bridgehead atoms. The third-order valence-electron chi connectivity index (χ3n) is 6.90. The predicted octanol–water partition coefficient (Wildman–Crippen LogP) is 8.55. The first-order chi connectivity index (χ1) is 20.3. The number of amides is 1. The van der Waals surface area contributed by atoms with E-state index in [2.05, 4.69) is 69.1 Å². The Morgan fingerprint density at radius 1 is 0.929 bits per heavy atom. The van der Waals surface area contributed by atoms with Crippen molar-refractivity contribution in [2.75, 3.05) is 28.6 Å². The van der Waals surface area contributed by atoms with Crippen molar-refractivity contribution < 1.29 is 9.53 Å². The summed E-state index contributed by atoms with van der Waals surface area (Å²) in [6.07, 6.45) is 1.48. The van der Waals surface area contributed by atoms with E-state index < -0.39 is 0 Å². The lowest BCUT2D eigenvalue weighted by Crippen LogP contribution is -2.21. The third-order valence-corrected chi connectivity index (χ3v) is 7.43. The van der Waals surface area contributed by atoms with Gasteiger partial charge < -0.3 is 20.3 Å². The molecule has 0 aliphatic rings. The maximum absolute atomic E-state index is 13.2. The second kappa shape index (κ2) is 13.0. The highest BCUT2D eigenvalue weighted by atomic mass is 79.9. The fourth-order valence-electron chi connectivity index (χ4n) is 4.54. The molecule has 5 aromatic rings. The number of nitrogens with zero attached hydrogens (tertiary/aromatic N) is 4. The van der Waals surface area contributed by atoms with Gasteiger partial charge in [0.15, 0.2) is 11.4 Å². The van der Waals surface area contributed by atoms with E-state index in [0.717, 1.165) is 34.3 Å². The Morgan fingerprint density at radius 3 is 2.36 bits per heavy atom. The maximum atomic E-state index is 13.2. The molecular formula is C33H33BrN6O2. The molecule has 0 saturated carbocycles. The summed E-state index contributed by atoms with van der Waals surface area (Å²) in [4.78, 5) is 29.1. The van der Waals surface area contributed by atoms with Crippen LogP contribution in [-0.4, -0.2) is 33.9 Å². The summed E-state index contributed by atoms with van der Waals surface area (Å²) in [6, 6.07) is 24.7. The number of carbonyl (C=O) groups excluding carboxylic acids is 1. The zero-order valence-corrected chi connectivity index (χ0v) is 25.6. The fourth-order valence-corrected chi connectivity index (χ4v) is 4.81. The van der Waals surface area contributed by atoms with Gasteiger partial charge in [0.2, 0.25) is 0 Å². The highest BCUT2D eigenvalue weighted by Crippen LogP contribution is 2.35. The van der Waals surface area contributed by atoms with Crippen LogP contribution in [0.1, 0.15) is 49.7 Å². The number of ether oxygens (including phenoxy) is 1. The summed E-state index contributed by atoms with van der Waals surface area (Å²) >= 11 is 3.43. The van der Waals surface area contributed by atoms with Gasteiger partial charge in [-0.3, -0.25) is 4.79 Å². The van der Waals surface area contributed by atoms with Gasteiger partial charge >= 0.3 is 0 Å². The number of rotatable bonds is 10. The van der Waals surface area contributed by atoms with Crippen molar-refractivity contribution in [2.45, 2.75) is 33.6 Å². The number of nitrogens with one attached hydrogen (secondary N) is 2. The van der Waals surface area contributed by atoms with Gasteiger partial charge in [-0.05, 0) is 98.6 Å². The summed E-state index contributed by atoms with van der Waals surface area (Å²) in [7, 11) is 0. The molecule has 3 aromatic carbocycles. The van der Waals surface area contributed by atoms with E-state index in [1.807, 2.05) is 60.7 Å². The van der Waals surface area contributed by atoms with E-state index in [-0.39, 0.29) is 11.8 Å². The second-order valence-electron chi connectivity index (χ2n) is 10.0. The van der Waals surface area contributed by atoms with Crippen molar-refractivity contribution in [2.24, 2.45) is 0 Å². The van der Waals surface area contributed by atoms with Crippen molar-refractivity contribution in [3.63, 3.8) is 0 Å². The van der Waals surface area contributed by atoms with Gasteiger partial charge in [0.25, 0.3) is 5.91 Å². The lowest BCUT2D eigenvalue weighted by Gasteiger charge is -2.21. The van der Waals surface area contributed by atoms with Crippen LogP contribution in [0, 0.1) is 0 Å². The molecular weight excluding hydrogens is 592 g/mol. The number of carbonyl (C=O) groups is 1. The van der Waals surface area contributed by atoms with Crippen LogP contribution in [0.3, 0.4) is 0 Å². The van der Waals surface area contributed by atoms with Gasteiger partial charge in [0.05, 0.1) is 11.1 Å². The average Bonchev–Trinajstić information content (AvgIpc) is 3.00. The zero-order chi connectivity index (χ0) is 29.6. The normalized spacial score (nSPS) is 11.0. The van der Waals surface area contributed by atoms with E-state index in [4.69, 9.17) is 9.72 Å². The van der Waals surface area contributed by atoms with Crippen LogP contribution in [0.2, 0.25) is 0 Å². The van der Waals surface area contributed by atoms with Crippen LogP contribution in [0.25, 0.3) is 11.0 Å². The number of benzene rings is 3. The first-order valence-electron chi connectivity index (χ1n) is 14.0. The van der Waals surface area contributed by atoms with Crippen LogP contribution in [0.15, 0.2) is 89.7 Å². The van der Waals surface area contributed by atoms with Crippen molar-refractivity contribution >= 4 is 55.8 Å². The van der Waals surface area contributed by atoms with Gasteiger partial charge in [-0.15, -0.1) is 0 Å². The number of halogens is 1. The maximum Gasteiger partial charge on any atom is 0.255 e. The zero-order valence-electron chi connectivity index (χ0n) is 24.1. The first-order valence-corrected chi connectivity index (χ1v) is 14.8. The Labute approximate surface area is 254 Å². The molecule has 0 unspecified atom stereocenters. The Morgan fingerprint density at radius 2 is 1.67 bits per heavy atom. The van der Waals surface area contributed by atoms with Crippen LogP contribution in [0.5, 0.6) is 11.5 Å². The van der Waals surface area contributed by atoms with Crippen molar-refractivity contribution in [3.8, 4) is 11.5 Å². The summed E-state index contributed by atoms with van der Waals surface area (Å²) in [5.41, 5.74) is 4.42. The average molecular weight is 626 g/mol. The number of fused-ring (bicyclic) bond motifs is 1. The highest BCUT2D eigenvalue weighted by molar-refractivity contribution is 9.10. The Kier molecular flexibility index (Phi) is 8.97. The Balaban J connectivity index is 1.49. The summed E-state index contributed by atoms with van der Waals surface area (Å²) in [5, 5.41) is 7.10. The van der Waals surface area contributed by atoms with Gasteiger partial charge in [-0.2, -0.15) is 0 Å². The summed E-state index contributed by atoms with van der Waals surface area (Å²) in [5.74, 6) is 1.82. The standard InChI is InChI=1S/C33H33BrN6O2/c1-5-40(6-2)25-12-14-26(15-13-25)42-30-18-7-22(33(41)37-24-10-8-23(34)9-11-24)19-29(30)39-32-27-16-17-28(21(3)4)38-31(27)35-20-36-32/h7-21H,5-6H2,1-4H3,(H,37,41)(H,35,36,38,39). The molecule has 5 rings (SSSR count). The highest BCUT2D eigenvalue weighted by Gasteiger charge is 2.15. The summed E-state index contributed by atoms with van der Waals surface area (Å²) < 4.78 is 7.27. The van der Waals surface area contributed by atoms with E-state index >= 15 is 0 Å². The Hall–Kier alpha value is -4.50. The molecule has 0 fully saturated rings. The minimum atomic E-state index is -0.244. The van der Waals surface area contributed by atoms with Crippen LogP contribution in [-0.2, 0) is 0 Å². The molecule has 2 aromatic heterocycles. The molecule has 2 N–H and O–H groups in total. The molecule has 0 saturated heterocycles. The lowest BCUT2D eigenvalue weighted by molar-refractivity contribution is 0.102. The molecule has 1 amide bonds. The van der Waals surface area contributed by atoms with Crippen molar-refractivity contribution in [1.29, 1.82) is 0 Å². The molecule has 2 heterocycles. The van der Waals surface area contributed by atoms with E-state index in [0.29, 0.717) is 39.9 Å². The topological polar surface area (TPSA) is 92.3 Å². The lowest BCUT2D eigenvalue weighted by atomic mass is 10.1. The van der Waals surface area contributed by atoms with E-state index in [1.165, 1.54) is 6.33 Å². The van der Waals surface area contributed by atoms with E-state index in [9.17, 15) is 4.79 Å². The van der Waals surface area contributed by atoms with Gasteiger partial charge in [0, 0.05) is 40.2 Å². The number of hydrogen-bond acceptors (Lipinski definition) is 7. The predicted molar refractivity (Wildman–Crippen MR) is 173 cm³/mol. The molecule has 0 spiro atoms. The molecule has 9 heteroatoms. The van der Waals surface area contributed by atoms with Gasteiger partial charge in [-0.1, -0.05) is 29.8 Å². The summed E-state index contributed by atoms with van der Waals surface area (Å²) in [6.45, 7) is 10.3.